The number of carbonyl (C=O) groups excluding carboxylic acids is 2. The second kappa shape index (κ2) is 9.98. The van der Waals surface area contributed by atoms with Crippen LogP contribution < -0.4 is 10.6 Å². The molecule has 0 aliphatic carbocycles. The van der Waals surface area contributed by atoms with Crippen LogP contribution in [-0.4, -0.2) is 41.5 Å². The molecule has 0 saturated heterocycles. The van der Waals surface area contributed by atoms with Crippen LogP contribution in [0.4, 0.5) is 10.8 Å². The molecule has 28 heavy (non-hydrogen) atoms. The number of carbonyl (C=O) groups is 2. The van der Waals surface area contributed by atoms with Crippen LogP contribution in [0, 0.1) is 0 Å². The lowest BCUT2D eigenvalue weighted by Gasteiger charge is -2.07. The highest BCUT2D eigenvalue weighted by Gasteiger charge is 2.12. The van der Waals surface area contributed by atoms with Crippen LogP contribution in [0.25, 0.3) is 0 Å². The first kappa shape index (κ1) is 20.0. The third kappa shape index (κ3) is 5.62. The van der Waals surface area contributed by atoms with Gasteiger partial charge >= 0.3 is 0 Å². The minimum Gasteiger partial charge on any atom is -0.384 e. The van der Waals surface area contributed by atoms with Crippen LogP contribution >= 0.6 is 23.1 Å². The van der Waals surface area contributed by atoms with Crippen molar-refractivity contribution in [2.75, 3.05) is 30.1 Å². The average Bonchev–Trinajstić information content (AvgIpc) is 3.16. The number of ether oxygens (including phenoxy) is 1. The fourth-order valence-corrected chi connectivity index (χ4v) is 3.95. The number of nitrogens with one attached hydrogen (secondary N) is 2. The molecule has 2 aromatic carbocycles. The maximum absolute atomic E-state index is 12.5. The predicted octanol–water partition coefficient (Wildman–Crippen LogP) is 3.78. The van der Waals surface area contributed by atoms with Crippen LogP contribution in [0.15, 0.2) is 58.9 Å². The molecule has 0 aliphatic heterocycles. The SMILES string of the molecule is COCCSc1nnc(NC(=O)c2cccc(NC(=O)c3ccccc3)c2)s1. The van der Waals surface area contributed by atoms with E-state index >= 15 is 0 Å². The van der Waals surface area contributed by atoms with Crippen LogP contribution in [0.1, 0.15) is 20.7 Å². The summed E-state index contributed by atoms with van der Waals surface area (Å²) < 4.78 is 5.76. The van der Waals surface area contributed by atoms with E-state index in [4.69, 9.17) is 4.74 Å². The Morgan fingerprint density at radius 1 is 1.00 bits per heavy atom. The van der Waals surface area contributed by atoms with Gasteiger partial charge in [0.15, 0.2) is 4.34 Å². The molecule has 0 saturated carbocycles. The number of thioether (sulfide) groups is 1. The van der Waals surface area contributed by atoms with Crippen molar-refractivity contribution >= 4 is 45.7 Å². The van der Waals surface area contributed by atoms with Gasteiger partial charge in [0, 0.05) is 29.7 Å². The summed E-state index contributed by atoms with van der Waals surface area (Å²) in [5.41, 5.74) is 1.49. The molecule has 0 atom stereocenters. The number of rotatable bonds is 8. The van der Waals surface area contributed by atoms with Gasteiger partial charge in [0.05, 0.1) is 6.61 Å². The molecule has 1 heterocycles. The molecule has 1 aromatic heterocycles. The zero-order valence-electron chi connectivity index (χ0n) is 15.0. The highest BCUT2D eigenvalue weighted by Crippen LogP contribution is 2.25. The Morgan fingerprint density at radius 2 is 1.75 bits per heavy atom. The lowest BCUT2D eigenvalue weighted by Crippen LogP contribution is -2.14. The summed E-state index contributed by atoms with van der Waals surface area (Å²) in [7, 11) is 1.64. The van der Waals surface area contributed by atoms with Crippen molar-refractivity contribution in [3.05, 3.63) is 65.7 Å². The minimum atomic E-state index is -0.319. The molecule has 3 aromatic rings. The molecule has 0 unspecified atom stereocenters. The molecule has 0 radical (unpaired) electrons. The zero-order valence-corrected chi connectivity index (χ0v) is 16.7. The fraction of sp³-hybridized carbons (Fsp3) is 0.158. The molecule has 0 fully saturated rings. The third-order valence-electron chi connectivity index (χ3n) is 3.56. The number of nitrogens with zero attached hydrogens (tertiary/aromatic N) is 2. The number of anilines is 2. The van der Waals surface area contributed by atoms with Crippen molar-refractivity contribution in [3.8, 4) is 0 Å². The van der Waals surface area contributed by atoms with Crippen LogP contribution in [0.2, 0.25) is 0 Å². The lowest BCUT2D eigenvalue weighted by molar-refractivity contribution is 0.101. The van der Waals surface area contributed by atoms with Crippen LogP contribution in [0.3, 0.4) is 0 Å². The Hall–Kier alpha value is -2.75. The number of hydrogen-bond acceptors (Lipinski definition) is 7. The van der Waals surface area contributed by atoms with Gasteiger partial charge in [-0.15, -0.1) is 10.2 Å². The Balaban J connectivity index is 1.61. The number of hydrogen-bond donors (Lipinski definition) is 2. The van der Waals surface area contributed by atoms with E-state index < -0.39 is 0 Å². The Kier molecular flexibility index (Phi) is 7.12. The van der Waals surface area contributed by atoms with Gasteiger partial charge in [0.2, 0.25) is 5.13 Å². The smallest absolute Gasteiger partial charge is 0.257 e. The molecule has 7 nitrogen and oxygen atoms in total. The van der Waals surface area contributed by atoms with E-state index in [1.165, 1.54) is 23.1 Å². The maximum Gasteiger partial charge on any atom is 0.257 e. The maximum atomic E-state index is 12.5. The summed E-state index contributed by atoms with van der Waals surface area (Å²) in [6, 6.07) is 15.6. The molecule has 9 heteroatoms. The largest absolute Gasteiger partial charge is 0.384 e. The van der Waals surface area contributed by atoms with E-state index in [-0.39, 0.29) is 11.8 Å². The first-order valence-electron chi connectivity index (χ1n) is 8.39. The molecule has 3 rings (SSSR count). The van der Waals surface area contributed by atoms with Gasteiger partial charge in [-0.25, -0.2) is 0 Å². The number of amides is 2. The van der Waals surface area contributed by atoms with E-state index in [2.05, 4.69) is 20.8 Å². The number of aromatic nitrogens is 2. The van der Waals surface area contributed by atoms with E-state index in [1.54, 1.807) is 55.6 Å². The van der Waals surface area contributed by atoms with Gasteiger partial charge in [-0.1, -0.05) is 47.4 Å². The molecule has 0 bridgehead atoms. The normalized spacial score (nSPS) is 10.5. The van der Waals surface area contributed by atoms with Crippen molar-refractivity contribution in [2.24, 2.45) is 0 Å². The molecular formula is C19H18N4O3S2. The highest BCUT2D eigenvalue weighted by molar-refractivity contribution is 8.01. The topological polar surface area (TPSA) is 93.2 Å². The Bertz CT molecular complexity index is 947. The van der Waals surface area contributed by atoms with Gasteiger partial charge in [-0.3, -0.25) is 14.9 Å². The molecular weight excluding hydrogens is 396 g/mol. The number of benzene rings is 2. The van der Waals surface area contributed by atoms with E-state index in [9.17, 15) is 9.59 Å². The van der Waals surface area contributed by atoms with Gasteiger partial charge in [-0.05, 0) is 30.3 Å². The Labute approximate surface area is 170 Å². The molecule has 2 N–H and O–H groups in total. The lowest BCUT2D eigenvalue weighted by atomic mass is 10.1. The first-order valence-corrected chi connectivity index (χ1v) is 10.2. The van der Waals surface area contributed by atoms with Crippen molar-refractivity contribution in [3.63, 3.8) is 0 Å². The molecule has 2 amide bonds. The Morgan fingerprint density at radius 3 is 2.54 bits per heavy atom. The highest BCUT2D eigenvalue weighted by atomic mass is 32.2. The molecule has 0 spiro atoms. The summed E-state index contributed by atoms with van der Waals surface area (Å²) in [4.78, 5) is 24.7. The minimum absolute atomic E-state index is 0.236. The van der Waals surface area contributed by atoms with Gasteiger partial charge in [0.1, 0.15) is 0 Å². The van der Waals surface area contributed by atoms with E-state index in [0.717, 1.165) is 10.1 Å². The average molecular weight is 415 g/mol. The van der Waals surface area contributed by atoms with Crippen LogP contribution in [-0.2, 0) is 4.74 Å². The monoisotopic (exact) mass is 414 g/mol. The van der Waals surface area contributed by atoms with Crippen LogP contribution in [0.5, 0.6) is 0 Å². The van der Waals surface area contributed by atoms with Crippen molar-refractivity contribution in [1.82, 2.24) is 10.2 Å². The molecule has 144 valence electrons. The standard InChI is InChI=1S/C19H18N4O3S2/c1-26-10-11-27-19-23-22-18(28-19)21-17(25)14-8-5-9-15(12-14)20-16(24)13-6-3-2-4-7-13/h2-9,12H,10-11H2,1H3,(H,20,24)(H,21,22,25). The van der Waals surface area contributed by atoms with Crippen molar-refractivity contribution in [2.45, 2.75) is 4.34 Å². The fourth-order valence-electron chi connectivity index (χ4n) is 2.23. The second-order valence-electron chi connectivity index (χ2n) is 5.57. The van der Waals surface area contributed by atoms with Crippen molar-refractivity contribution in [1.29, 1.82) is 0 Å². The summed E-state index contributed by atoms with van der Waals surface area (Å²) >= 11 is 2.82. The third-order valence-corrected chi connectivity index (χ3v) is 5.49. The second-order valence-corrected chi connectivity index (χ2v) is 7.89. The van der Waals surface area contributed by atoms with Gasteiger partial charge in [-0.2, -0.15) is 0 Å². The predicted molar refractivity (Wildman–Crippen MR) is 111 cm³/mol. The molecule has 0 aliphatic rings. The summed E-state index contributed by atoms with van der Waals surface area (Å²) in [6.45, 7) is 0.618. The van der Waals surface area contributed by atoms with E-state index in [0.29, 0.717) is 28.6 Å². The summed E-state index contributed by atoms with van der Waals surface area (Å²) in [5, 5.41) is 13.9. The zero-order chi connectivity index (χ0) is 19.8. The summed E-state index contributed by atoms with van der Waals surface area (Å²) in [5.74, 6) is 0.211. The number of methoxy groups -OCH3 is 1. The first-order chi connectivity index (χ1) is 13.7. The van der Waals surface area contributed by atoms with E-state index in [1.807, 2.05) is 6.07 Å². The summed E-state index contributed by atoms with van der Waals surface area (Å²) in [6.07, 6.45) is 0. The van der Waals surface area contributed by atoms with Gasteiger partial charge in [0.25, 0.3) is 11.8 Å². The quantitative estimate of drug-likeness (QED) is 0.331. The van der Waals surface area contributed by atoms with Crippen molar-refractivity contribution < 1.29 is 14.3 Å². The van der Waals surface area contributed by atoms with Gasteiger partial charge < -0.3 is 10.1 Å².